The van der Waals surface area contributed by atoms with E-state index in [-0.39, 0.29) is 24.0 Å². The number of amides is 1. The summed E-state index contributed by atoms with van der Waals surface area (Å²) in [5, 5.41) is 10.7. The Balaban J connectivity index is 0.00000256. The van der Waals surface area contributed by atoms with Crippen LogP contribution in [-0.2, 0) is 11.3 Å². The van der Waals surface area contributed by atoms with Crippen LogP contribution in [0.4, 0.5) is 5.69 Å². The molecule has 30 heavy (non-hydrogen) atoms. The van der Waals surface area contributed by atoms with E-state index in [1.807, 2.05) is 30.3 Å². The molecule has 4 rings (SSSR count). The molecule has 1 unspecified atom stereocenters. The van der Waals surface area contributed by atoms with Crippen molar-refractivity contribution in [3.05, 3.63) is 64.7 Å². The van der Waals surface area contributed by atoms with E-state index < -0.39 is 0 Å². The van der Waals surface area contributed by atoms with Crippen molar-refractivity contribution < 1.29 is 4.79 Å². The van der Waals surface area contributed by atoms with Crippen molar-refractivity contribution in [3.63, 3.8) is 0 Å². The number of halogens is 1. The summed E-state index contributed by atoms with van der Waals surface area (Å²) in [4.78, 5) is 25.0. The predicted molar refractivity (Wildman–Crippen MR) is 120 cm³/mol. The van der Waals surface area contributed by atoms with Crippen LogP contribution in [0.2, 0.25) is 0 Å². The van der Waals surface area contributed by atoms with E-state index in [0.29, 0.717) is 30.4 Å². The van der Waals surface area contributed by atoms with Crippen LogP contribution >= 0.6 is 12.4 Å². The van der Waals surface area contributed by atoms with E-state index in [1.54, 1.807) is 18.3 Å². The number of hydrogen-bond donors (Lipinski definition) is 2. The smallest absolute Gasteiger partial charge is 0.326 e. The number of fused-ring (bicyclic) bond motifs is 1. The molecular formula is C22H28ClN5O2. The predicted octanol–water partition coefficient (Wildman–Crippen LogP) is 2.93. The summed E-state index contributed by atoms with van der Waals surface area (Å²) in [6.45, 7) is 4.61. The summed E-state index contributed by atoms with van der Waals surface area (Å²) in [6.07, 6.45) is 4.51. The third-order valence-electron chi connectivity index (χ3n) is 5.73. The van der Waals surface area contributed by atoms with Crippen LogP contribution in [0.3, 0.4) is 0 Å². The molecule has 7 nitrogen and oxygen atoms in total. The highest BCUT2D eigenvalue weighted by Gasteiger charge is 2.22. The summed E-state index contributed by atoms with van der Waals surface area (Å²) in [7, 11) is 0. The fourth-order valence-electron chi connectivity index (χ4n) is 4.08. The van der Waals surface area contributed by atoms with Crippen LogP contribution in [0.1, 0.15) is 31.7 Å². The van der Waals surface area contributed by atoms with E-state index in [4.69, 9.17) is 0 Å². The van der Waals surface area contributed by atoms with Crippen LogP contribution in [-0.4, -0.2) is 33.2 Å². The maximum absolute atomic E-state index is 12.5. The van der Waals surface area contributed by atoms with E-state index in [2.05, 4.69) is 22.7 Å². The Morgan fingerprint density at radius 2 is 2.03 bits per heavy atom. The number of aromatic nitrogens is 3. The molecule has 1 amide bonds. The normalized spacial score (nSPS) is 15.5. The minimum atomic E-state index is -0.175. The Labute approximate surface area is 181 Å². The summed E-state index contributed by atoms with van der Waals surface area (Å²) < 4.78 is 2.96. The zero-order chi connectivity index (χ0) is 20.2. The fourth-order valence-corrected chi connectivity index (χ4v) is 4.08. The van der Waals surface area contributed by atoms with E-state index >= 15 is 0 Å². The van der Waals surface area contributed by atoms with Crippen molar-refractivity contribution in [2.45, 2.75) is 32.7 Å². The number of anilines is 1. The highest BCUT2D eigenvalue weighted by molar-refractivity contribution is 5.90. The van der Waals surface area contributed by atoms with Crippen molar-refractivity contribution in [2.75, 3.05) is 18.4 Å². The summed E-state index contributed by atoms with van der Waals surface area (Å²) >= 11 is 0. The van der Waals surface area contributed by atoms with Crippen LogP contribution in [0.25, 0.3) is 5.65 Å². The molecule has 1 aliphatic rings. The number of pyridine rings is 1. The van der Waals surface area contributed by atoms with E-state index in [0.717, 1.165) is 37.2 Å². The van der Waals surface area contributed by atoms with E-state index in [1.165, 1.54) is 9.08 Å². The van der Waals surface area contributed by atoms with Gasteiger partial charge in [-0.25, -0.2) is 9.48 Å². The van der Waals surface area contributed by atoms with Crippen LogP contribution in [0.5, 0.6) is 0 Å². The highest BCUT2D eigenvalue weighted by Crippen LogP contribution is 2.24. The van der Waals surface area contributed by atoms with Gasteiger partial charge in [0.2, 0.25) is 5.91 Å². The first-order valence-electron chi connectivity index (χ1n) is 10.2. The zero-order valence-electron chi connectivity index (χ0n) is 17.1. The standard InChI is InChI=1S/C22H27N5O2.ClH/c1-16(18-8-10-23-11-9-18)13-21(28)24-19-6-4-5-17(14-19)15-27-22(29)26-12-3-2-7-20(26)25-27;/h2-7,12,14,16,18,23H,8-11,13,15H2,1H3,(H,24,28);1H. The molecule has 0 saturated carbocycles. The van der Waals surface area contributed by atoms with Gasteiger partial charge in [0.15, 0.2) is 5.65 Å². The number of rotatable bonds is 6. The second-order valence-electron chi connectivity index (χ2n) is 7.89. The first-order chi connectivity index (χ1) is 14.1. The second-order valence-corrected chi connectivity index (χ2v) is 7.89. The second kappa shape index (κ2) is 9.91. The molecule has 1 aliphatic heterocycles. The van der Waals surface area contributed by atoms with E-state index in [9.17, 15) is 9.59 Å². The third-order valence-corrected chi connectivity index (χ3v) is 5.73. The molecule has 0 bridgehead atoms. The average Bonchev–Trinajstić information content (AvgIpc) is 3.04. The molecule has 2 N–H and O–H groups in total. The monoisotopic (exact) mass is 429 g/mol. The maximum atomic E-state index is 12.5. The van der Waals surface area contributed by atoms with Crippen LogP contribution < -0.4 is 16.3 Å². The topological polar surface area (TPSA) is 80.4 Å². The minimum absolute atomic E-state index is 0. The first kappa shape index (κ1) is 22.1. The van der Waals surface area contributed by atoms with Crippen molar-refractivity contribution in [1.29, 1.82) is 0 Å². The molecule has 1 aromatic carbocycles. The lowest BCUT2D eigenvalue weighted by Gasteiger charge is -2.27. The van der Waals surface area contributed by atoms with Crippen LogP contribution in [0, 0.1) is 11.8 Å². The molecule has 0 radical (unpaired) electrons. The van der Waals surface area contributed by atoms with Gasteiger partial charge < -0.3 is 10.6 Å². The molecule has 0 aliphatic carbocycles. The molecule has 1 saturated heterocycles. The summed E-state index contributed by atoms with van der Waals surface area (Å²) in [5.41, 5.74) is 2.11. The quantitative estimate of drug-likeness (QED) is 0.631. The van der Waals surface area contributed by atoms with Crippen molar-refractivity contribution in [1.82, 2.24) is 19.5 Å². The van der Waals surface area contributed by atoms with Crippen LogP contribution in [0.15, 0.2) is 53.5 Å². The average molecular weight is 430 g/mol. The fraction of sp³-hybridized carbons (Fsp3) is 0.409. The minimum Gasteiger partial charge on any atom is -0.326 e. The molecule has 2 aromatic heterocycles. The van der Waals surface area contributed by atoms with Crippen molar-refractivity contribution in [3.8, 4) is 0 Å². The Hall–Kier alpha value is -2.64. The van der Waals surface area contributed by atoms with Gasteiger partial charge in [0.1, 0.15) is 0 Å². The number of nitrogens with one attached hydrogen (secondary N) is 2. The Morgan fingerprint density at radius 3 is 2.80 bits per heavy atom. The van der Waals surface area contributed by atoms with Gasteiger partial charge in [0.05, 0.1) is 6.54 Å². The molecule has 1 atom stereocenters. The Morgan fingerprint density at radius 1 is 1.23 bits per heavy atom. The third kappa shape index (κ3) is 5.09. The lowest BCUT2D eigenvalue weighted by atomic mass is 9.84. The first-order valence-corrected chi connectivity index (χ1v) is 10.2. The molecule has 1 fully saturated rings. The van der Waals surface area contributed by atoms with Gasteiger partial charge in [-0.15, -0.1) is 17.5 Å². The molecule has 8 heteroatoms. The Kier molecular flexibility index (Phi) is 7.29. The van der Waals surface area contributed by atoms with Crippen molar-refractivity contribution in [2.24, 2.45) is 11.8 Å². The molecule has 0 spiro atoms. The molecule has 3 heterocycles. The number of carbonyl (C=O) groups excluding carboxylic acids is 1. The lowest BCUT2D eigenvalue weighted by molar-refractivity contribution is -0.117. The highest BCUT2D eigenvalue weighted by atomic mass is 35.5. The van der Waals surface area contributed by atoms with Gasteiger partial charge in [0, 0.05) is 18.3 Å². The van der Waals surface area contributed by atoms with Gasteiger partial charge in [-0.3, -0.25) is 9.20 Å². The number of hydrogen-bond acceptors (Lipinski definition) is 4. The largest absolute Gasteiger partial charge is 0.350 e. The summed E-state index contributed by atoms with van der Waals surface area (Å²) in [6, 6.07) is 13.1. The van der Waals surface area contributed by atoms with Gasteiger partial charge >= 0.3 is 5.69 Å². The maximum Gasteiger partial charge on any atom is 0.350 e. The number of piperidine rings is 1. The van der Waals surface area contributed by atoms with Crippen molar-refractivity contribution >= 4 is 29.6 Å². The Bertz CT molecular complexity index is 1050. The molecular weight excluding hydrogens is 402 g/mol. The van der Waals surface area contributed by atoms with Gasteiger partial charge in [-0.1, -0.05) is 25.1 Å². The van der Waals surface area contributed by atoms with Gasteiger partial charge in [0.25, 0.3) is 0 Å². The summed E-state index contributed by atoms with van der Waals surface area (Å²) in [5.74, 6) is 1.02. The number of nitrogens with zero attached hydrogens (tertiary/aromatic N) is 3. The molecule has 160 valence electrons. The lowest BCUT2D eigenvalue weighted by Crippen LogP contribution is -2.32. The number of carbonyl (C=O) groups is 1. The molecule has 3 aromatic rings. The number of benzene rings is 1. The SMILES string of the molecule is CC(CC(=O)Nc1cccc(Cn2nc3ccccn3c2=O)c1)C1CCNCC1.Cl. The zero-order valence-corrected chi connectivity index (χ0v) is 17.9. The van der Waals surface area contributed by atoms with Gasteiger partial charge in [-0.05, 0) is 67.6 Å². The van der Waals surface area contributed by atoms with Gasteiger partial charge in [-0.2, -0.15) is 0 Å².